The van der Waals surface area contributed by atoms with Gasteiger partial charge in [0, 0.05) is 25.2 Å². The Morgan fingerprint density at radius 2 is 1.50 bits per heavy atom. The summed E-state index contributed by atoms with van der Waals surface area (Å²) in [5, 5.41) is 0. The van der Waals surface area contributed by atoms with E-state index in [-0.39, 0.29) is 0 Å². The first-order valence-electron chi connectivity index (χ1n) is 11.0. The minimum absolute atomic E-state index is 0.291. The van der Waals surface area contributed by atoms with Gasteiger partial charge < -0.3 is 14.4 Å². The van der Waals surface area contributed by atoms with Gasteiger partial charge in [-0.1, -0.05) is 25.7 Å². The molecule has 0 radical (unpaired) electrons. The van der Waals surface area contributed by atoms with Crippen molar-refractivity contribution >= 4 is 5.91 Å². The van der Waals surface area contributed by atoms with E-state index in [4.69, 9.17) is 9.47 Å². The number of fused-ring (bicyclic) bond motifs is 1. The van der Waals surface area contributed by atoms with Gasteiger partial charge in [-0.3, -0.25) is 9.69 Å². The van der Waals surface area contributed by atoms with Gasteiger partial charge in [0.15, 0.2) is 11.5 Å². The Kier molecular flexibility index (Phi) is 6.10. The van der Waals surface area contributed by atoms with E-state index in [1.54, 1.807) is 14.2 Å². The summed E-state index contributed by atoms with van der Waals surface area (Å²) in [5.74, 6) is 1.81. The summed E-state index contributed by atoms with van der Waals surface area (Å²) in [6.07, 6.45) is 11.2. The number of methoxy groups -OCH3 is 2. The number of amides is 1. The van der Waals surface area contributed by atoms with E-state index >= 15 is 0 Å². The van der Waals surface area contributed by atoms with Crippen LogP contribution in [0.2, 0.25) is 0 Å². The molecule has 1 aliphatic heterocycles. The van der Waals surface area contributed by atoms with Gasteiger partial charge in [-0.15, -0.1) is 0 Å². The molecule has 2 saturated carbocycles. The molecule has 0 saturated heterocycles. The first-order valence-corrected chi connectivity index (χ1v) is 11.0. The van der Waals surface area contributed by atoms with Crippen LogP contribution in [-0.2, 0) is 17.8 Å². The van der Waals surface area contributed by atoms with Crippen molar-refractivity contribution in [1.82, 2.24) is 9.80 Å². The third kappa shape index (κ3) is 4.00. The van der Waals surface area contributed by atoms with Crippen molar-refractivity contribution in [2.75, 3.05) is 27.3 Å². The summed E-state index contributed by atoms with van der Waals surface area (Å²) in [4.78, 5) is 17.9. The molecule has 1 heterocycles. The lowest BCUT2D eigenvalue weighted by molar-refractivity contribution is -0.134. The minimum atomic E-state index is 0.291. The molecule has 1 amide bonds. The van der Waals surface area contributed by atoms with E-state index in [2.05, 4.69) is 11.0 Å². The Morgan fingerprint density at radius 1 is 0.964 bits per heavy atom. The summed E-state index contributed by atoms with van der Waals surface area (Å²) >= 11 is 0. The maximum atomic E-state index is 13.2. The van der Waals surface area contributed by atoms with Crippen LogP contribution in [-0.4, -0.2) is 55.1 Å². The predicted molar refractivity (Wildman–Crippen MR) is 110 cm³/mol. The molecule has 4 rings (SSSR count). The Labute approximate surface area is 169 Å². The first-order chi connectivity index (χ1) is 13.7. The van der Waals surface area contributed by atoms with Crippen LogP contribution in [0, 0.1) is 0 Å². The lowest BCUT2D eigenvalue weighted by atomic mass is 9.98. The second kappa shape index (κ2) is 8.73. The molecule has 0 unspecified atom stereocenters. The van der Waals surface area contributed by atoms with Gasteiger partial charge in [0.1, 0.15) is 0 Å². The van der Waals surface area contributed by atoms with Crippen LogP contribution in [0.5, 0.6) is 11.5 Å². The third-order valence-electron chi connectivity index (χ3n) is 6.98. The number of nitrogens with zero attached hydrogens (tertiary/aromatic N) is 2. The quantitative estimate of drug-likeness (QED) is 0.746. The molecule has 5 heteroatoms. The molecule has 28 heavy (non-hydrogen) atoms. The highest BCUT2D eigenvalue weighted by molar-refractivity contribution is 5.78. The molecule has 1 aromatic rings. The van der Waals surface area contributed by atoms with Crippen LogP contribution < -0.4 is 9.47 Å². The van der Waals surface area contributed by atoms with Gasteiger partial charge in [0.25, 0.3) is 0 Å². The number of benzene rings is 1. The second-order valence-corrected chi connectivity index (χ2v) is 8.59. The third-order valence-corrected chi connectivity index (χ3v) is 6.98. The average Bonchev–Trinajstić information content (AvgIpc) is 3.44. The zero-order valence-corrected chi connectivity index (χ0v) is 17.4. The Hall–Kier alpha value is -1.75. The van der Waals surface area contributed by atoms with E-state index in [0.29, 0.717) is 31.1 Å². The van der Waals surface area contributed by atoms with E-state index in [9.17, 15) is 4.79 Å². The number of hydrogen-bond acceptors (Lipinski definition) is 4. The highest BCUT2D eigenvalue weighted by Crippen LogP contribution is 2.34. The molecular formula is C23H34N2O3. The van der Waals surface area contributed by atoms with E-state index in [0.717, 1.165) is 24.5 Å². The van der Waals surface area contributed by atoms with Crippen molar-refractivity contribution in [1.29, 1.82) is 0 Å². The fourth-order valence-corrected chi connectivity index (χ4v) is 5.38. The number of rotatable bonds is 6. The van der Waals surface area contributed by atoms with Crippen LogP contribution in [0.4, 0.5) is 0 Å². The molecule has 0 aromatic heterocycles. The fourth-order valence-electron chi connectivity index (χ4n) is 5.38. The van der Waals surface area contributed by atoms with Gasteiger partial charge in [0.2, 0.25) is 5.91 Å². The fraction of sp³-hybridized carbons (Fsp3) is 0.696. The van der Waals surface area contributed by atoms with Crippen molar-refractivity contribution in [2.45, 2.75) is 76.4 Å². The van der Waals surface area contributed by atoms with E-state index < -0.39 is 0 Å². The van der Waals surface area contributed by atoms with Crippen LogP contribution in [0.25, 0.3) is 0 Å². The van der Waals surface area contributed by atoms with Crippen molar-refractivity contribution in [3.63, 3.8) is 0 Å². The summed E-state index contributed by atoms with van der Waals surface area (Å²) in [7, 11) is 3.33. The summed E-state index contributed by atoms with van der Waals surface area (Å²) in [5.41, 5.74) is 2.45. The monoisotopic (exact) mass is 386 g/mol. The average molecular weight is 387 g/mol. The van der Waals surface area contributed by atoms with Gasteiger partial charge in [-0.25, -0.2) is 0 Å². The molecular weight excluding hydrogens is 352 g/mol. The highest BCUT2D eigenvalue weighted by atomic mass is 16.5. The lowest BCUT2D eigenvalue weighted by Crippen LogP contribution is -2.48. The normalized spacial score (nSPS) is 20.6. The first kappa shape index (κ1) is 19.6. The van der Waals surface area contributed by atoms with Crippen molar-refractivity contribution < 1.29 is 14.3 Å². The van der Waals surface area contributed by atoms with Gasteiger partial charge in [-0.2, -0.15) is 0 Å². The molecule has 0 atom stereocenters. The molecule has 1 aromatic carbocycles. The highest BCUT2D eigenvalue weighted by Gasteiger charge is 2.33. The summed E-state index contributed by atoms with van der Waals surface area (Å²) < 4.78 is 10.9. The number of carbonyl (C=O) groups is 1. The van der Waals surface area contributed by atoms with Crippen molar-refractivity contribution in [2.24, 2.45) is 0 Å². The summed E-state index contributed by atoms with van der Waals surface area (Å²) in [6.45, 7) is 2.07. The topological polar surface area (TPSA) is 42.0 Å². The smallest absolute Gasteiger partial charge is 0.237 e. The van der Waals surface area contributed by atoms with Crippen LogP contribution in [0.1, 0.15) is 62.5 Å². The van der Waals surface area contributed by atoms with E-state index in [1.165, 1.54) is 62.5 Å². The van der Waals surface area contributed by atoms with Crippen LogP contribution in [0.15, 0.2) is 12.1 Å². The number of carbonyl (C=O) groups excluding carboxylic acids is 1. The molecule has 5 nitrogen and oxygen atoms in total. The standard InChI is InChI=1S/C23H34N2O3/c1-27-21-13-17-11-12-24(15-18(17)14-22(21)28-2)23(26)16-25(19-7-3-4-8-19)20-9-5-6-10-20/h13-14,19-20H,3-12,15-16H2,1-2H3. The van der Waals surface area contributed by atoms with E-state index in [1.807, 2.05) is 11.0 Å². The van der Waals surface area contributed by atoms with Crippen molar-refractivity contribution in [3.05, 3.63) is 23.3 Å². The Morgan fingerprint density at radius 3 is 2.04 bits per heavy atom. The molecule has 0 N–H and O–H groups in total. The zero-order valence-electron chi connectivity index (χ0n) is 17.4. The Balaban J connectivity index is 1.46. The van der Waals surface area contributed by atoms with Crippen molar-refractivity contribution in [3.8, 4) is 11.5 Å². The number of ether oxygens (including phenoxy) is 2. The molecule has 3 aliphatic rings. The molecule has 2 fully saturated rings. The summed E-state index contributed by atoms with van der Waals surface area (Å²) in [6, 6.07) is 5.35. The molecule has 154 valence electrons. The van der Waals surface area contributed by atoms with Gasteiger partial charge >= 0.3 is 0 Å². The maximum Gasteiger partial charge on any atom is 0.237 e. The molecule has 0 bridgehead atoms. The van der Waals surface area contributed by atoms with Gasteiger partial charge in [0.05, 0.1) is 20.8 Å². The maximum absolute atomic E-state index is 13.2. The largest absolute Gasteiger partial charge is 0.493 e. The SMILES string of the molecule is COc1cc2c(cc1OC)CN(C(=O)CN(C1CCCC1)C1CCCC1)CC2. The molecule has 0 spiro atoms. The zero-order chi connectivity index (χ0) is 19.5. The van der Waals surface area contributed by atoms with Crippen LogP contribution in [0.3, 0.4) is 0 Å². The van der Waals surface area contributed by atoms with Gasteiger partial charge in [-0.05, 0) is 55.4 Å². The molecule has 2 aliphatic carbocycles. The predicted octanol–water partition coefficient (Wildman–Crippen LogP) is 3.78. The Bertz CT molecular complexity index is 677. The second-order valence-electron chi connectivity index (χ2n) is 8.59. The lowest BCUT2D eigenvalue weighted by Gasteiger charge is -2.37. The number of hydrogen-bond donors (Lipinski definition) is 0. The minimum Gasteiger partial charge on any atom is -0.493 e. The van der Waals surface area contributed by atoms with Crippen LogP contribution >= 0.6 is 0 Å².